The van der Waals surface area contributed by atoms with Gasteiger partial charge in [-0.3, -0.25) is 0 Å². The predicted molar refractivity (Wildman–Crippen MR) is 184 cm³/mol. The molecule has 2 atom stereocenters. The fourth-order valence-corrected chi connectivity index (χ4v) is 6.38. The minimum Gasteiger partial charge on any atom is -0.744 e. The lowest BCUT2D eigenvalue weighted by Gasteiger charge is -2.12. The molecule has 0 amide bonds. The molecule has 1 aliphatic rings. The number of carbonyl (C=O) groups excluding carboxylic acids is 1. The monoisotopic (exact) mass is 697 g/mol. The third-order valence-electron chi connectivity index (χ3n) is 8.11. The maximum absolute atomic E-state index is 11.8. The molecule has 2 heterocycles. The molecule has 1 aromatic carbocycles. The summed E-state index contributed by atoms with van der Waals surface area (Å²) in [7, 11) is -4.27. The normalized spacial score (nSPS) is 16.1. The molecule has 47 heavy (non-hydrogen) atoms. The van der Waals surface area contributed by atoms with Gasteiger partial charge in [0.1, 0.15) is 29.4 Å². The standard InChI is InChI=1S/C29H52NO5S.C7H8O3S/c1-2-3-4-5-6-7-8-9-10-11-12-13-16-19-28-33-24-27(35-28)25-34-29(31)32-22-18-15-14-17-20-30-21-23-36-26-30;1-6-2-4-7(5-3-6)11(8,9)10/h21,23,26-28H,2-20,22,24-25H2,1H3;2-5H,1H3,(H,8,9,10)/q+1;/p-1. The van der Waals surface area contributed by atoms with Crippen molar-refractivity contribution < 1.29 is 41.3 Å². The van der Waals surface area contributed by atoms with Crippen LogP contribution in [0.4, 0.5) is 4.79 Å². The summed E-state index contributed by atoms with van der Waals surface area (Å²) in [4.78, 5) is 11.6. The highest BCUT2D eigenvalue weighted by Gasteiger charge is 2.26. The highest BCUT2D eigenvalue weighted by molar-refractivity contribution is 7.85. The molecule has 0 saturated carbocycles. The van der Waals surface area contributed by atoms with Crippen molar-refractivity contribution in [2.45, 2.75) is 153 Å². The summed E-state index contributed by atoms with van der Waals surface area (Å²) in [5.41, 5.74) is 3.05. The van der Waals surface area contributed by atoms with Crippen molar-refractivity contribution in [2.24, 2.45) is 0 Å². The molecule has 1 saturated heterocycles. The first kappa shape index (κ1) is 41.1. The van der Waals surface area contributed by atoms with E-state index in [1.807, 2.05) is 6.92 Å². The number of carbonyl (C=O) groups is 1. The largest absolute Gasteiger partial charge is 0.744 e. The van der Waals surface area contributed by atoms with Crippen molar-refractivity contribution in [1.29, 1.82) is 0 Å². The fourth-order valence-electron chi connectivity index (χ4n) is 5.28. The van der Waals surface area contributed by atoms with Crippen molar-refractivity contribution in [3.05, 3.63) is 46.9 Å². The Labute approximate surface area is 288 Å². The number of nitrogens with zero attached hydrogens (tertiary/aromatic N) is 1. The van der Waals surface area contributed by atoms with Crippen molar-refractivity contribution >= 4 is 27.6 Å². The molecule has 268 valence electrons. The third-order valence-corrected chi connectivity index (χ3v) is 9.63. The van der Waals surface area contributed by atoms with Crippen molar-refractivity contribution in [2.75, 3.05) is 19.8 Å². The van der Waals surface area contributed by atoms with E-state index in [9.17, 15) is 17.8 Å². The van der Waals surface area contributed by atoms with Crippen LogP contribution in [0.1, 0.15) is 128 Å². The first-order valence-corrected chi connectivity index (χ1v) is 20.1. The summed E-state index contributed by atoms with van der Waals surface area (Å²) in [6, 6.07) is 5.78. The van der Waals surface area contributed by atoms with Gasteiger partial charge in [0.15, 0.2) is 12.5 Å². The average Bonchev–Trinajstić information content (AvgIpc) is 3.74. The number of ether oxygens (including phenoxy) is 4. The van der Waals surface area contributed by atoms with Gasteiger partial charge in [0.25, 0.3) is 0 Å². The number of aromatic nitrogens is 1. The van der Waals surface area contributed by atoms with Gasteiger partial charge in [0, 0.05) is 6.42 Å². The number of thiazole rings is 1. The number of rotatable bonds is 24. The van der Waals surface area contributed by atoms with E-state index in [0.717, 1.165) is 50.6 Å². The van der Waals surface area contributed by atoms with E-state index in [0.29, 0.717) is 13.2 Å². The van der Waals surface area contributed by atoms with Gasteiger partial charge in [-0.2, -0.15) is 4.57 Å². The molecule has 1 aliphatic heterocycles. The zero-order valence-corrected chi connectivity index (χ0v) is 30.4. The third kappa shape index (κ3) is 21.5. The lowest BCUT2D eigenvalue weighted by Crippen LogP contribution is -2.29. The highest BCUT2D eigenvalue weighted by atomic mass is 32.2. The zero-order valence-electron chi connectivity index (χ0n) is 28.8. The Morgan fingerprint density at radius 2 is 1.47 bits per heavy atom. The molecule has 0 N–H and O–H groups in total. The minimum absolute atomic E-state index is 0.158. The van der Waals surface area contributed by atoms with Gasteiger partial charge >= 0.3 is 6.16 Å². The second-order valence-electron chi connectivity index (χ2n) is 12.4. The number of aryl methyl sites for hydroxylation is 2. The number of benzene rings is 1. The number of hydrogen-bond acceptors (Lipinski definition) is 9. The summed E-state index contributed by atoms with van der Waals surface area (Å²) in [5, 5.41) is 2.09. The first-order valence-electron chi connectivity index (χ1n) is 17.8. The molecule has 2 unspecified atom stereocenters. The Morgan fingerprint density at radius 1 is 0.872 bits per heavy atom. The van der Waals surface area contributed by atoms with Crippen molar-refractivity contribution in [3.63, 3.8) is 0 Å². The molecule has 0 spiro atoms. The van der Waals surface area contributed by atoms with Crippen LogP contribution >= 0.6 is 11.3 Å². The van der Waals surface area contributed by atoms with Gasteiger partial charge in [-0.05, 0) is 51.2 Å². The van der Waals surface area contributed by atoms with Crippen LogP contribution in [-0.4, -0.2) is 51.3 Å². The maximum atomic E-state index is 11.8. The number of unbranched alkanes of at least 4 members (excludes halogenated alkanes) is 15. The number of hydrogen-bond donors (Lipinski definition) is 0. The van der Waals surface area contributed by atoms with E-state index in [2.05, 4.69) is 28.6 Å². The van der Waals surface area contributed by atoms with E-state index in [-0.39, 0.29) is 23.9 Å². The van der Waals surface area contributed by atoms with Gasteiger partial charge in [-0.15, -0.1) is 0 Å². The highest BCUT2D eigenvalue weighted by Crippen LogP contribution is 2.19. The Kier molecular flexibility index (Phi) is 22.7. The SMILES string of the molecule is CCCCCCCCCCCCCCCC1OCC(COC(=O)OCCCCCC[n+]2ccsc2)O1.Cc1ccc(S(=O)(=O)[O-])cc1. The van der Waals surface area contributed by atoms with Gasteiger partial charge in [-0.25, -0.2) is 13.2 Å². The van der Waals surface area contributed by atoms with Crippen LogP contribution in [0.2, 0.25) is 0 Å². The van der Waals surface area contributed by atoms with E-state index in [4.69, 9.17) is 18.9 Å². The minimum atomic E-state index is -4.27. The molecule has 3 rings (SSSR count). The second-order valence-corrected chi connectivity index (χ2v) is 14.5. The molecule has 2 aromatic rings. The maximum Gasteiger partial charge on any atom is 0.508 e. The van der Waals surface area contributed by atoms with Crippen molar-refractivity contribution in [1.82, 2.24) is 0 Å². The predicted octanol–water partition coefficient (Wildman–Crippen LogP) is 8.87. The molecule has 11 heteroatoms. The van der Waals surface area contributed by atoms with Gasteiger partial charge in [0.05, 0.1) is 23.5 Å². The molecule has 0 radical (unpaired) electrons. The van der Waals surface area contributed by atoms with Gasteiger partial charge < -0.3 is 23.5 Å². The molecular weight excluding hydrogens is 639 g/mol. The summed E-state index contributed by atoms with van der Waals surface area (Å²) in [6.45, 7) is 6.24. The van der Waals surface area contributed by atoms with Gasteiger partial charge in [-0.1, -0.05) is 113 Å². The van der Waals surface area contributed by atoms with Crippen LogP contribution in [0.5, 0.6) is 0 Å². The lowest BCUT2D eigenvalue weighted by atomic mass is 10.0. The van der Waals surface area contributed by atoms with E-state index in [1.165, 1.54) is 89.2 Å². The topological polar surface area (TPSA) is 115 Å². The van der Waals surface area contributed by atoms with Crippen molar-refractivity contribution in [3.8, 4) is 0 Å². The van der Waals surface area contributed by atoms with Crippen LogP contribution < -0.4 is 4.57 Å². The van der Waals surface area contributed by atoms with E-state index < -0.39 is 16.3 Å². The molecule has 0 bridgehead atoms. The smallest absolute Gasteiger partial charge is 0.508 e. The second kappa shape index (κ2) is 25.9. The van der Waals surface area contributed by atoms with Gasteiger partial charge in [0.2, 0.25) is 5.51 Å². The quantitative estimate of drug-likeness (QED) is 0.0463. The van der Waals surface area contributed by atoms with Crippen LogP contribution in [0.3, 0.4) is 0 Å². The summed E-state index contributed by atoms with van der Waals surface area (Å²) in [5.74, 6) is 0. The van der Waals surface area contributed by atoms with Crippen LogP contribution in [-0.2, 0) is 35.6 Å². The van der Waals surface area contributed by atoms with E-state index in [1.54, 1.807) is 23.5 Å². The lowest BCUT2D eigenvalue weighted by molar-refractivity contribution is -0.692. The summed E-state index contributed by atoms with van der Waals surface area (Å²) >= 11 is 1.71. The Balaban J connectivity index is 0.000000587. The summed E-state index contributed by atoms with van der Waals surface area (Å²) in [6.07, 6.45) is 23.9. The van der Waals surface area contributed by atoms with Crippen LogP contribution in [0.25, 0.3) is 0 Å². The fraction of sp³-hybridized carbons (Fsp3) is 0.722. The zero-order chi connectivity index (χ0) is 34.0. The van der Waals surface area contributed by atoms with Crippen LogP contribution in [0, 0.1) is 6.92 Å². The molecule has 9 nitrogen and oxygen atoms in total. The van der Waals surface area contributed by atoms with Crippen LogP contribution in [0.15, 0.2) is 46.2 Å². The molecule has 1 fully saturated rings. The molecular formula is C36H59NO8S2. The Hall–Kier alpha value is -2.05. The Morgan fingerprint density at radius 3 is 2.06 bits per heavy atom. The average molecular weight is 698 g/mol. The Bertz CT molecular complexity index is 1140. The first-order chi connectivity index (χ1) is 22.8. The van der Waals surface area contributed by atoms with E-state index >= 15 is 0 Å². The summed E-state index contributed by atoms with van der Waals surface area (Å²) < 4.78 is 55.3. The molecule has 0 aliphatic carbocycles. The molecule has 1 aromatic heterocycles.